The minimum Gasteiger partial charge on any atom is -0.493 e. The largest absolute Gasteiger partial charge is 0.493 e. The molecule has 2 aromatic carbocycles. The Kier molecular flexibility index (Phi) is 5.84. The predicted molar refractivity (Wildman–Crippen MR) is 102 cm³/mol. The van der Waals surface area contributed by atoms with Crippen LogP contribution in [0.15, 0.2) is 48.5 Å². The Hall–Kier alpha value is -2.04. The maximum absolute atomic E-state index is 9.36. The van der Waals surface area contributed by atoms with Crippen LogP contribution >= 0.6 is 0 Å². The molecule has 1 unspecified atom stereocenters. The lowest BCUT2D eigenvalue weighted by Crippen LogP contribution is -2.21. The molecule has 0 heterocycles. The second kappa shape index (κ2) is 8.11. The molecular weight excluding hydrogens is 328 g/mol. The Morgan fingerprint density at radius 1 is 0.923 bits per heavy atom. The van der Waals surface area contributed by atoms with Gasteiger partial charge >= 0.3 is 0 Å². The molecule has 0 aromatic heterocycles. The highest BCUT2D eigenvalue weighted by atomic mass is 16.5. The van der Waals surface area contributed by atoms with E-state index >= 15 is 0 Å². The maximum atomic E-state index is 9.36. The summed E-state index contributed by atoms with van der Waals surface area (Å²) >= 11 is 0. The van der Waals surface area contributed by atoms with Crippen molar-refractivity contribution in [1.82, 2.24) is 0 Å². The van der Waals surface area contributed by atoms with Crippen molar-refractivity contribution in [2.45, 2.75) is 38.2 Å². The Bertz CT molecular complexity index is 687. The van der Waals surface area contributed by atoms with Gasteiger partial charge < -0.3 is 19.7 Å². The van der Waals surface area contributed by atoms with Crippen LogP contribution in [0.2, 0.25) is 0 Å². The first kappa shape index (κ1) is 18.7. The summed E-state index contributed by atoms with van der Waals surface area (Å²) in [5, 5.41) is 18.2. The molecule has 3 rings (SSSR count). The highest BCUT2D eigenvalue weighted by molar-refractivity contribution is 5.41. The molecule has 26 heavy (non-hydrogen) atoms. The number of rotatable bonds is 9. The van der Waals surface area contributed by atoms with Crippen LogP contribution in [0.1, 0.15) is 37.8 Å². The highest BCUT2D eigenvalue weighted by Crippen LogP contribution is 2.34. The summed E-state index contributed by atoms with van der Waals surface area (Å²) in [5.74, 6) is 2.37. The SMILES string of the molecule is CC(C)(c1ccc(OCC(O)CO)cc1)c1ccc(OCC2CC2)cc1. The van der Waals surface area contributed by atoms with Gasteiger partial charge in [-0.2, -0.15) is 0 Å². The molecule has 0 saturated heterocycles. The van der Waals surface area contributed by atoms with Crippen molar-refractivity contribution in [3.05, 3.63) is 59.7 Å². The van der Waals surface area contributed by atoms with Gasteiger partial charge in [0.05, 0.1) is 13.2 Å². The van der Waals surface area contributed by atoms with Crippen molar-refractivity contribution < 1.29 is 19.7 Å². The third kappa shape index (κ3) is 4.77. The van der Waals surface area contributed by atoms with Crippen LogP contribution in [-0.4, -0.2) is 36.1 Å². The molecule has 2 aromatic rings. The molecule has 2 N–H and O–H groups in total. The molecule has 140 valence electrons. The van der Waals surface area contributed by atoms with Gasteiger partial charge in [-0.3, -0.25) is 0 Å². The lowest BCUT2D eigenvalue weighted by Gasteiger charge is -2.26. The standard InChI is InChI=1S/C22H28O4/c1-22(2,17-5-9-20(10-6-17)25-14-16-3-4-16)18-7-11-21(12-8-18)26-15-19(24)13-23/h5-12,16,19,23-24H,3-4,13-15H2,1-2H3. The number of aliphatic hydroxyl groups excluding tert-OH is 2. The lowest BCUT2D eigenvalue weighted by molar-refractivity contribution is 0.0536. The van der Waals surface area contributed by atoms with Crippen LogP contribution in [-0.2, 0) is 5.41 Å². The van der Waals surface area contributed by atoms with E-state index in [0.717, 1.165) is 18.3 Å². The van der Waals surface area contributed by atoms with E-state index < -0.39 is 6.10 Å². The first-order chi connectivity index (χ1) is 12.5. The molecule has 0 spiro atoms. The van der Waals surface area contributed by atoms with Gasteiger partial charge in [0, 0.05) is 5.41 Å². The summed E-state index contributed by atoms with van der Waals surface area (Å²) < 4.78 is 11.3. The van der Waals surface area contributed by atoms with Crippen LogP contribution in [0.25, 0.3) is 0 Å². The summed E-state index contributed by atoms with van der Waals surface area (Å²) in [6.45, 7) is 5.00. The van der Waals surface area contributed by atoms with Gasteiger partial charge in [0.1, 0.15) is 24.2 Å². The highest BCUT2D eigenvalue weighted by Gasteiger charge is 2.24. The minimum absolute atomic E-state index is 0.0849. The van der Waals surface area contributed by atoms with Gasteiger partial charge in [0.2, 0.25) is 0 Å². The van der Waals surface area contributed by atoms with Crippen molar-refractivity contribution in [3.8, 4) is 11.5 Å². The zero-order chi connectivity index (χ0) is 18.6. The zero-order valence-corrected chi connectivity index (χ0v) is 15.5. The van der Waals surface area contributed by atoms with Gasteiger partial charge in [0.25, 0.3) is 0 Å². The number of ether oxygens (including phenoxy) is 2. The van der Waals surface area contributed by atoms with E-state index in [1.165, 1.54) is 24.0 Å². The van der Waals surface area contributed by atoms with Gasteiger partial charge in [0.15, 0.2) is 0 Å². The smallest absolute Gasteiger partial charge is 0.119 e. The van der Waals surface area contributed by atoms with Crippen molar-refractivity contribution in [1.29, 1.82) is 0 Å². The predicted octanol–water partition coefficient (Wildman–Crippen LogP) is 3.53. The molecular formula is C22H28O4. The van der Waals surface area contributed by atoms with E-state index in [1.807, 2.05) is 36.4 Å². The van der Waals surface area contributed by atoms with E-state index in [4.69, 9.17) is 14.6 Å². The van der Waals surface area contributed by atoms with E-state index in [2.05, 4.69) is 26.0 Å². The Morgan fingerprint density at radius 3 is 1.88 bits per heavy atom. The quantitative estimate of drug-likeness (QED) is 0.722. The average molecular weight is 356 g/mol. The molecule has 1 aliphatic rings. The van der Waals surface area contributed by atoms with Crippen molar-refractivity contribution in [2.24, 2.45) is 5.92 Å². The van der Waals surface area contributed by atoms with Gasteiger partial charge in [-0.25, -0.2) is 0 Å². The topological polar surface area (TPSA) is 58.9 Å². The second-order valence-electron chi connectivity index (χ2n) is 7.58. The molecule has 0 bridgehead atoms. The van der Waals surface area contributed by atoms with Crippen LogP contribution in [0.5, 0.6) is 11.5 Å². The van der Waals surface area contributed by atoms with Crippen LogP contribution in [0, 0.1) is 5.92 Å². The number of benzene rings is 2. The fourth-order valence-corrected chi connectivity index (χ4v) is 2.85. The summed E-state index contributed by atoms with van der Waals surface area (Å²) in [7, 11) is 0. The molecule has 0 radical (unpaired) electrons. The summed E-state index contributed by atoms with van der Waals surface area (Å²) in [4.78, 5) is 0. The van der Waals surface area contributed by atoms with Crippen LogP contribution in [0.4, 0.5) is 0 Å². The molecule has 0 amide bonds. The van der Waals surface area contributed by atoms with Crippen molar-refractivity contribution in [3.63, 3.8) is 0 Å². The third-order valence-corrected chi connectivity index (χ3v) is 4.99. The Labute approximate surface area is 155 Å². The monoisotopic (exact) mass is 356 g/mol. The average Bonchev–Trinajstić information content (AvgIpc) is 3.49. The molecule has 1 aliphatic carbocycles. The van der Waals surface area contributed by atoms with E-state index in [0.29, 0.717) is 5.75 Å². The number of aliphatic hydroxyl groups is 2. The normalized spacial score (nSPS) is 15.5. The fraction of sp³-hybridized carbons (Fsp3) is 0.455. The lowest BCUT2D eigenvalue weighted by atomic mass is 9.78. The number of hydrogen-bond acceptors (Lipinski definition) is 4. The van der Waals surface area contributed by atoms with E-state index in [-0.39, 0.29) is 18.6 Å². The molecule has 1 saturated carbocycles. The summed E-state index contributed by atoms with van der Waals surface area (Å²) in [6.07, 6.45) is 1.74. The second-order valence-corrected chi connectivity index (χ2v) is 7.58. The summed E-state index contributed by atoms with van der Waals surface area (Å²) in [6, 6.07) is 16.2. The van der Waals surface area contributed by atoms with E-state index in [1.54, 1.807) is 0 Å². The molecule has 0 aliphatic heterocycles. The fourth-order valence-electron chi connectivity index (χ4n) is 2.85. The molecule has 1 fully saturated rings. The Morgan fingerprint density at radius 2 is 1.42 bits per heavy atom. The Balaban J connectivity index is 1.64. The van der Waals surface area contributed by atoms with Crippen molar-refractivity contribution in [2.75, 3.05) is 19.8 Å². The zero-order valence-electron chi connectivity index (χ0n) is 15.5. The minimum atomic E-state index is -0.855. The third-order valence-electron chi connectivity index (χ3n) is 4.99. The summed E-state index contributed by atoms with van der Waals surface area (Å²) in [5.41, 5.74) is 2.26. The van der Waals surface area contributed by atoms with Crippen LogP contribution < -0.4 is 9.47 Å². The first-order valence-corrected chi connectivity index (χ1v) is 9.24. The number of hydrogen-bond donors (Lipinski definition) is 2. The van der Waals surface area contributed by atoms with Crippen molar-refractivity contribution >= 4 is 0 Å². The maximum Gasteiger partial charge on any atom is 0.119 e. The first-order valence-electron chi connectivity index (χ1n) is 9.24. The van der Waals surface area contributed by atoms with Gasteiger partial charge in [-0.15, -0.1) is 0 Å². The van der Waals surface area contributed by atoms with E-state index in [9.17, 15) is 5.11 Å². The molecule has 4 heteroatoms. The molecule has 1 atom stereocenters. The molecule has 4 nitrogen and oxygen atoms in total. The van der Waals surface area contributed by atoms with Crippen LogP contribution in [0.3, 0.4) is 0 Å². The van der Waals surface area contributed by atoms with Gasteiger partial charge in [-0.1, -0.05) is 38.1 Å². The van der Waals surface area contributed by atoms with Gasteiger partial charge in [-0.05, 0) is 54.2 Å².